The smallest absolute Gasteiger partial charge is 0.338 e. The van der Waals surface area contributed by atoms with Crippen molar-refractivity contribution in [1.29, 1.82) is 0 Å². The number of hydrogen-bond donors (Lipinski definition) is 0. The number of ether oxygens (including phenoxy) is 2. The molecular weight excluding hydrogens is 462 g/mol. The molecule has 5 rings (SSSR count). The lowest BCUT2D eigenvalue weighted by molar-refractivity contribution is -0.121. The summed E-state index contributed by atoms with van der Waals surface area (Å²) in [6.45, 7) is 4.46. The molecular formula is C27H23N3O4S. The fraction of sp³-hybridized carbons (Fsp3) is 0.185. The number of fused-ring (bicyclic) bond motifs is 1. The van der Waals surface area contributed by atoms with Gasteiger partial charge in [0.2, 0.25) is 0 Å². The molecule has 0 bridgehead atoms. The summed E-state index contributed by atoms with van der Waals surface area (Å²) >= 11 is 1.59. The minimum atomic E-state index is -0.361. The van der Waals surface area contributed by atoms with Gasteiger partial charge in [-0.1, -0.05) is 18.2 Å². The fourth-order valence-corrected chi connectivity index (χ4v) is 4.84. The third-order valence-electron chi connectivity index (χ3n) is 5.66. The van der Waals surface area contributed by atoms with Crippen molar-refractivity contribution in [2.24, 2.45) is 0 Å². The Morgan fingerprint density at radius 1 is 1.14 bits per heavy atom. The Morgan fingerprint density at radius 3 is 2.71 bits per heavy atom. The van der Waals surface area contributed by atoms with E-state index in [1.54, 1.807) is 41.5 Å². The zero-order valence-corrected chi connectivity index (χ0v) is 20.2. The third-order valence-corrected chi connectivity index (χ3v) is 6.66. The highest BCUT2D eigenvalue weighted by atomic mass is 32.1. The molecule has 3 heterocycles. The molecule has 2 aromatic carbocycles. The molecule has 1 aliphatic heterocycles. The SMILES string of the molecule is CCOC(=O)c1ccc(CN2C(=O)COc3ccc(-c4nc(-c5ccccn5)sc4C)cc32)cc1. The first-order chi connectivity index (χ1) is 17.0. The van der Waals surface area contributed by atoms with Gasteiger partial charge in [-0.25, -0.2) is 9.78 Å². The predicted octanol–water partition coefficient (Wildman–Crippen LogP) is 5.28. The molecule has 1 aliphatic rings. The van der Waals surface area contributed by atoms with Gasteiger partial charge in [0.15, 0.2) is 6.61 Å². The summed E-state index contributed by atoms with van der Waals surface area (Å²) < 4.78 is 10.7. The van der Waals surface area contributed by atoms with Crippen LogP contribution in [0.25, 0.3) is 22.0 Å². The lowest BCUT2D eigenvalue weighted by atomic mass is 10.1. The first-order valence-corrected chi connectivity index (χ1v) is 12.1. The van der Waals surface area contributed by atoms with Gasteiger partial charge in [-0.05, 0) is 61.9 Å². The number of nitrogens with zero attached hydrogens (tertiary/aromatic N) is 3. The number of hydrogen-bond acceptors (Lipinski definition) is 7. The highest BCUT2D eigenvalue weighted by Crippen LogP contribution is 2.39. The van der Waals surface area contributed by atoms with Gasteiger partial charge in [-0.15, -0.1) is 11.3 Å². The van der Waals surface area contributed by atoms with Crippen LogP contribution in [-0.2, 0) is 16.1 Å². The maximum Gasteiger partial charge on any atom is 0.338 e. The lowest BCUT2D eigenvalue weighted by Gasteiger charge is -2.30. The summed E-state index contributed by atoms with van der Waals surface area (Å²) in [6, 6.07) is 18.7. The molecule has 8 heteroatoms. The number of thiazole rings is 1. The van der Waals surface area contributed by atoms with Gasteiger partial charge in [0.25, 0.3) is 5.91 Å². The maximum absolute atomic E-state index is 12.8. The number of esters is 1. The average molecular weight is 486 g/mol. The minimum Gasteiger partial charge on any atom is -0.482 e. The van der Waals surface area contributed by atoms with Crippen molar-refractivity contribution in [1.82, 2.24) is 9.97 Å². The van der Waals surface area contributed by atoms with Crippen LogP contribution in [0, 0.1) is 6.92 Å². The molecule has 176 valence electrons. The zero-order chi connectivity index (χ0) is 24.4. The van der Waals surface area contributed by atoms with Crippen molar-refractivity contribution in [3.05, 3.63) is 82.9 Å². The number of aryl methyl sites for hydroxylation is 1. The molecule has 0 radical (unpaired) electrons. The van der Waals surface area contributed by atoms with Gasteiger partial charge < -0.3 is 14.4 Å². The number of amides is 1. The standard InChI is InChI=1S/C27H23N3O4S/c1-3-33-27(32)19-9-7-18(8-10-19)15-30-22-14-20(11-12-23(22)34-16-24(30)31)25-17(2)35-26(29-25)21-6-4-5-13-28-21/h4-14H,3,15-16H2,1-2H3. The summed E-state index contributed by atoms with van der Waals surface area (Å²) in [7, 11) is 0. The van der Waals surface area contributed by atoms with Crippen molar-refractivity contribution < 1.29 is 19.1 Å². The highest BCUT2D eigenvalue weighted by Gasteiger charge is 2.27. The van der Waals surface area contributed by atoms with Crippen molar-refractivity contribution in [3.8, 4) is 27.7 Å². The predicted molar refractivity (Wildman–Crippen MR) is 135 cm³/mol. The van der Waals surface area contributed by atoms with Crippen LogP contribution in [-0.4, -0.2) is 35.1 Å². The molecule has 0 aliphatic carbocycles. The number of benzene rings is 2. The molecule has 0 saturated heterocycles. The van der Waals surface area contributed by atoms with Gasteiger partial charge in [-0.2, -0.15) is 0 Å². The van der Waals surface area contributed by atoms with Crippen LogP contribution in [0.3, 0.4) is 0 Å². The second kappa shape index (κ2) is 9.68. The Kier molecular flexibility index (Phi) is 6.29. The van der Waals surface area contributed by atoms with Gasteiger partial charge in [-0.3, -0.25) is 9.78 Å². The molecule has 1 amide bonds. The molecule has 0 N–H and O–H groups in total. The first-order valence-electron chi connectivity index (χ1n) is 11.3. The molecule has 0 atom stereocenters. The Balaban J connectivity index is 1.45. The average Bonchev–Trinajstić information content (AvgIpc) is 3.28. The second-order valence-corrected chi connectivity index (χ2v) is 9.21. The number of carbonyl (C=O) groups excluding carboxylic acids is 2. The second-order valence-electron chi connectivity index (χ2n) is 8.01. The van der Waals surface area contributed by atoms with E-state index in [9.17, 15) is 9.59 Å². The highest BCUT2D eigenvalue weighted by molar-refractivity contribution is 7.15. The molecule has 35 heavy (non-hydrogen) atoms. The summed E-state index contributed by atoms with van der Waals surface area (Å²) in [6.07, 6.45) is 1.75. The van der Waals surface area contributed by atoms with Crippen LogP contribution >= 0.6 is 11.3 Å². The van der Waals surface area contributed by atoms with E-state index in [4.69, 9.17) is 14.5 Å². The topological polar surface area (TPSA) is 81.6 Å². The van der Waals surface area contributed by atoms with Gasteiger partial charge in [0.05, 0.1) is 35.8 Å². The van der Waals surface area contributed by atoms with Gasteiger partial charge >= 0.3 is 5.97 Å². The first kappa shape index (κ1) is 22.7. The molecule has 0 fully saturated rings. The largest absolute Gasteiger partial charge is 0.482 e. The normalized spacial score (nSPS) is 12.7. The van der Waals surface area contributed by atoms with Crippen LogP contribution in [0.4, 0.5) is 5.69 Å². The summed E-state index contributed by atoms with van der Waals surface area (Å²) in [4.78, 5) is 36.8. The quantitative estimate of drug-likeness (QED) is 0.346. The molecule has 0 saturated carbocycles. The molecule has 4 aromatic rings. The molecule has 0 spiro atoms. The summed E-state index contributed by atoms with van der Waals surface area (Å²) in [5.41, 5.74) is 4.66. The van der Waals surface area contributed by atoms with E-state index in [-0.39, 0.29) is 18.5 Å². The Bertz CT molecular complexity index is 1380. The van der Waals surface area contributed by atoms with Gasteiger partial charge in [0, 0.05) is 16.6 Å². The summed E-state index contributed by atoms with van der Waals surface area (Å²) in [5.74, 6) is 0.155. The Hall–Kier alpha value is -4.04. The van der Waals surface area contributed by atoms with E-state index in [2.05, 4.69) is 4.98 Å². The van der Waals surface area contributed by atoms with Crippen LogP contribution in [0.15, 0.2) is 66.9 Å². The van der Waals surface area contributed by atoms with E-state index >= 15 is 0 Å². The van der Waals surface area contributed by atoms with Crippen LogP contribution in [0.2, 0.25) is 0 Å². The van der Waals surface area contributed by atoms with Crippen molar-refractivity contribution in [2.75, 3.05) is 18.1 Å². The van der Waals surface area contributed by atoms with Crippen molar-refractivity contribution >= 4 is 28.9 Å². The third kappa shape index (κ3) is 4.65. The number of carbonyl (C=O) groups is 2. The zero-order valence-electron chi connectivity index (χ0n) is 19.4. The Morgan fingerprint density at radius 2 is 1.97 bits per heavy atom. The molecule has 2 aromatic heterocycles. The maximum atomic E-state index is 12.8. The van der Waals surface area contributed by atoms with Gasteiger partial charge in [0.1, 0.15) is 10.8 Å². The van der Waals surface area contributed by atoms with Crippen LogP contribution < -0.4 is 9.64 Å². The van der Waals surface area contributed by atoms with E-state index in [1.807, 2.05) is 55.5 Å². The molecule has 7 nitrogen and oxygen atoms in total. The number of aromatic nitrogens is 2. The number of rotatable bonds is 6. The fourth-order valence-electron chi connectivity index (χ4n) is 3.93. The Labute approximate surface area is 207 Å². The van der Waals surface area contributed by atoms with Crippen molar-refractivity contribution in [3.63, 3.8) is 0 Å². The van der Waals surface area contributed by atoms with Crippen LogP contribution in [0.1, 0.15) is 27.7 Å². The van der Waals surface area contributed by atoms with E-state index in [1.165, 1.54) is 0 Å². The number of pyridine rings is 1. The monoisotopic (exact) mass is 485 g/mol. The van der Waals surface area contributed by atoms with E-state index in [0.717, 1.165) is 32.4 Å². The van der Waals surface area contributed by atoms with E-state index < -0.39 is 0 Å². The minimum absolute atomic E-state index is 0.0210. The molecule has 0 unspecified atom stereocenters. The van der Waals surface area contributed by atoms with E-state index in [0.29, 0.717) is 30.2 Å². The van der Waals surface area contributed by atoms with Crippen LogP contribution in [0.5, 0.6) is 5.75 Å². The number of anilines is 1. The summed E-state index contributed by atoms with van der Waals surface area (Å²) in [5, 5.41) is 0.849. The van der Waals surface area contributed by atoms with Crippen molar-refractivity contribution in [2.45, 2.75) is 20.4 Å². The lowest BCUT2D eigenvalue weighted by Crippen LogP contribution is -2.38.